The molecule has 0 atom stereocenters. The third-order valence-electron chi connectivity index (χ3n) is 4.80. The summed E-state index contributed by atoms with van der Waals surface area (Å²) >= 11 is 0. The molecule has 0 spiro atoms. The van der Waals surface area contributed by atoms with Crippen LogP contribution in [0.25, 0.3) is 5.69 Å². The van der Waals surface area contributed by atoms with Crippen LogP contribution in [-0.4, -0.2) is 36.3 Å². The molecule has 0 bridgehead atoms. The maximum Gasteiger partial charge on any atom is 0.255 e. The van der Waals surface area contributed by atoms with Gasteiger partial charge in [-0.3, -0.25) is 4.79 Å². The summed E-state index contributed by atoms with van der Waals surface area (Å²) < 4.78 is 29.1. The average molecular weight is 412 g/mol. The molecule has 1 N–H and O–H groups in total. The Morgan fingerprint density at radius 3 is 2.21 bits per heavy atom. The highest BCUT2D eigenvalue weighted by molar-refractivity contribution is 7.89. The van der Waals surface area contributed by atoms with Gasteiger partial charge in [-0.1, -0.05) is 19.9 Å². The summed E-state index contributed by atoms with van der Waals surface area (Å²) in [4.78, 5) is 12.8. The van der Waals surface area contributed by atoms with Crippen LogP contribution in [0.2, 0.25) is 0 Å². The van der Waals surface area contributed by atoms with Crippen molar-refractivity contribution in [2.45, 2.75) is 25.7 Å². The van der Waals surface area contributed by atoms with E-state index in [4.69, 9.17) is 0 Å². The molecule has 2 aromatic carbocycles. The molecule has 0 unspecified atom stereocenters. The minimum absolute atomic E-state index is 0.210. The van der Waals surface area contributed by atoms with Crippen LogP contribution in [0, 0.1) is 6.92 Å². The molecule has 7 heteroatoms. The Hall–Kier alpha value is -2.90. The summed E-state index contributed by atoms with van der Waals surface area (Å²) in [7, 11) is -3.61. The Morgan fingerprint density at radius 2 is 1.62 bits per heavy atom. The number of benzene rings is 2. The standard InChI is InChI=1S/C22H25N3O3S/c1-4-25(5-2)29(27,28)21-16-19(11-8-17(21)3)23-22(26)18-9-12-20(13-10-18)24-14-6-7-15-24/h6-16H,4-5H2,1-3H3,(H,23,26). The SMILES string of the molecule is CCN(CC)S(=O)(=O)c1cc(NC(=O)c2ccc(-n3cccc3)cc2)ccc1C. The van der Waals surface area contributed by atoms with E-state index in [0.717, 1.165) is 5.69 Å². The van der Waals surface area contributed by atoms with Crippen molar-refractivity contribution in [3.8, 4) is 5.69 Å². The van der Waals surface area contributed by atoms with Crippen molar-refractivity contribution in [1.29, 1.82) is 0 Å². The number of sulfonamides is 1. The predicted molar refractivity (Wildman–Crippen MR) is 115 cm³/mol. The monoisotopic (exact) mass is 411 g/mol. The van der Waals surface area contributed by atoms with E-state index in [0.29, 0.717) is 29.9 Å². The lowest BCUT2D eigenvalue weighted by molar-refractivity contribution is 0.102. The van der Waals surface area contributed by atoms with Crippen molar-refractivity contribution in [3.63, 3.8) is 0 Å². The summed E-state index contributed by atoms with van der Waals surface area (Å²) in [5, 5.41) is 2.80. The lowest BCUT2D eigenvalue weighted by atomic mass is 10.1. The summed E-state index contributed by atoms with van der Waals surface area (Å²) in [6.07, 6.45) is 3.86. The number of aromatic nitrogens is 1. The zero-order chi connectivity index (χ0) is 21.0. The normalized spacial score (nSPS) is 11.6. The fourth-order valence-corrected chi connectivity index (χ4v) is 4.86. The van der Waals surface area contributed by atoms with Crippen molar-refractivity contribution in [2.24, 2.45) is 0 Å². The molecule has 152 valence electrons. The number of hydrogen-bond acceptors (Lipinski definition) is 3. The minimum atomic E-state index is -3.61. The third-order valence-corrected chi connectivity index (χ3v) is 6.99. The average Bonchev–Trinajstić information content (AvgIpc) is 3.25. The van der Waals surface area contributed by atoms with Gasteiger partial charge in [-0.05, 0) is 61.0 Å². The van der Waals surface area contributed by atoms with E-state index in [-0.39, 0.29) is 10.8 Å². The zero-order valence-electron chi connectivity index (χ0n) is 16.8. The first-order valence-electron chi connectivity index (χ1n) is 9.52. The Morgan fingerprint density at radius 1 is 1.00 bits per heavy atom. The number of hydrogen-bond donors (Lipinski definition) is 1. The Balaban J connectivity index is 1.82. The number of carbonyl (C=O) groups is 1. The highest BCUT2D eigenvalue weighted by Gasteiger charge is 2.24. The second-order valence-corrected chi connectivity index (χ2v) is 8.57. The molecule has 3 aromatic rings. The topological polar surface area (TPSA) is 71.4 Å². The molecular formula is C22H25N3O3S. The number of carbonyl (C=O) groups excluding carboxylic acids is 1. The van der Waals surface area contributed by atoms with Gasteiger partial charge in [0.15, 0.2) is 0 Å². The smallest absolute Gasteiger partial charge is 0.255 e. The van der Waals surface area contributed by atoms with E-state index in [1.807, 2.05) is 41.2 Å². The molecule has 29 heavy (non-hydrogen) atoms. The molecule has 1 heterocycles. The van der Waals surface area contributed by atoms with E-state index in [2.05, 4.69) is 5.32 Å². The number of aryl methyl sites for hydroxylation is 1. The van der Waals surface area contributed by atoms with Crippen molar-refractivity contribution < 1.29 is 13.2 Å². The molecule has 0 saturated carbocycles. The molecule has 0 fully saturated rings. The van der Waals surface area contributed by atoms with Crippen LogP contribution in [0.1, 0.15) is 29.8 Å². The molecule has 0 aliphatic heterocycles. The van der Waals surface area contributed by atoms with Crippen molar-refractivity contribution in [3.05, 3.63) is 78.1 Å². The Kier molecular flexibility index (Phi) is 6.20. The first kappa shape index (κ1) is 20.8. The summed E-state index contributed by atoms with van der Waals surface area (Å²) in [5.74, 6) is -0.293. The predicted octanol–water partition coefficient (Wildman–Crippen LogP) is 4.07. The van der Waals surface area contributed by atoms with Gasteiger partial charge < -0.3 is 9.88 Å². The Bertz CT molecular complexity index is 1080. The molecule has 0 aliphatic carbocycles. The fourth-order valence-electron chi connectivity index (χ4n) is 3.15. The Labute approximate surface area is 171 Å². The molecule has 0 radical (unpaired) electrons. The van der Waals surface area contributed by atoms with Crippen LogP contribution < -0.4 is 5.32 Å². The van der Waals surface area contributed by atoms with Gasteiger partial charge in [0.05, 0.1) is 4.90 Å². The maximum atomic E-state index is 12.9. The molecule has 0 saturated heterocycles. The quantitative estimate of drug-likeness (QED) is 0.637. The largest absolute Gasteiger partial charge is 0.324 e. The van der Waals surface area contributed by atoms with Gasteiger partial charge in [0, 0.05) is 42.4 Å². The fraction of sp³-hybridized carbons (Fsp3) is 0.227. The number of rotatable bonds is 7. The summed E-state index contributed by atoms with van der Waals surface area (Å²) in [6.45, 7) is 6.14. The van der Waals surface area contributed by atoms with Crippen LogP contribution >= 0.6 is 0 Å². The van der Waals surface area contributed by atoms with E-state index in [1.165, 1.54) is 10.4 Å². The van der Waals surface area contributed by atoms with Crippen LogP contribution in [-0.2, 0) is 10.0 Å². The van der Waals surface area contributed by atoms with Gasteiger partial charge in [0.25, 0.3) is 5.91 Å². The van der Waals surface area contributed by atoms with E-state index in [1.54, 1.807) is 45.0 Å². The van der Waals surface area contributed by atoms with Crippen LogP contribution in [0.4, 0.5) is 5.69 Å². The lowest BCUT2D eigenvalue weighted by Gasteiger charge is -2.20. The lowest BCUT2D eigenvalue weighted by Crippen LogP contribution is -2.31. The summed E-state index contributed by atoms with van der Waals surface area (Å²) in [6, 6.07) is 16.0. The van der Waals surface area contributed by atoms with E-state index in [9.17, 15) is 13.2 Å². The number of nitrogens with zero attached hydrogens (tertiary/aromatic N) is 2. The second-order valence-electron chi connectivity index (χ2n) is 6.66. The van der Waals surface area contributed by atoms with Crippen LogP contribution in [0.15, 0.2) is 71.9 Å². The van der Waals surface area contributed by atoms with E-state index < -0.39 is 10.0 Å². The van der Waals surface area contributed by atoms with Crippen molar-refractivity contribution >= 4 is 21.6 Å². The van der Waals surface area contributed by atoms with Gasteiger partial charge in [-0.25, -0.2) is 8.42 Å². The minimum Gasteiger partial charge on any atom is -0.324 e. The number of nitrogens with one attached hydrogen (secondary N) is 1. The van der Waals surface area contributed by atoms with Gasteiger partial charge in [0.1, 0.15) is 0 Å². The first-order chi connectivity index (χ1) is 13.9. The maximum absolute atomic E-state index is 12.9. The number of amides is 1. The molecule has 0 aliphatic rings. The zero-order valence-corrected chi connectivity index (χ0v) is 17.6. The number of anilines is 1. The molecule has 1 aromatic heterocycles. The van der Waals surface area contributed by atoms with Crippen molar-refractivity contribution in [2.75, 3.05) is 18.4 Å². The highest BCUT2D eigenvalue weighted by atomic mass is 32.2. The van der Waals surface area contributed by atoms with E-state index >= 15 is 0 Å². The second kappa shape index (κ2) is 8.63. The van der Waals surface area contributed by atoms with Gasteiger partial charge >= 0.3 is 0 Å². The highest BCUT2D eigenvalue weighted by Crippen LogP contribution is 2.24. The molecule has 3 rings (SSSR count). The van der Waals surface area contributed by atoms with Gasteiger partial charge in [-0.15, -0.1) is 0 Å². The summed E-state index contributed by atoms with van der Waals surface area (Å²) in [5.41, 5.74) is 2.54. The molecular weight excluding hydrogens is 386 g/mol. The molecule has 6 nitrogen and oxygen atoms in total. The van der Waals surface area contributed by atoms with Crippen LogP contribution in [0.5, 0.6) is 0 Å². The van der Waals surface area contributed by atoms with Crippen molar-refractivity contribution in [1.82, 2.24) is 8.87 Å². The van der Waals surface area contributed by atoms with Crippen LogP contribution in [0.3, 0.4) is 0 Å². The molecule has 1 amide bonds. The first-order valence-corrected chi connectivity index (χ1v) is 11.0. The van der Waals surface area contributed by atoms with Gasteiger partial charge in [0.2, 0.25) is 10.0 Å². The third kappa shape index (κ3) is 4.41. The van der Waals surface area contributed by atoms with Gasteiger partial charge in [-0.2, -0.15) is 4.31 Å².